The number of H-pyrrole nitrogens is 1. The van der Waals surface area contributed by atoms with Crippen LogP contribution in [0.25, 0.3) is 0 Å². The van der Waals surface area contributed by atoms with Crippen LogP contribution in [0.1, 0.15) is 30.4 Å². The van der Waals surface area contributed by atoms with Gasteiger partial charge in [0.2, 0.25) is 0 Å². The number of hydrogen-bond acceptors (Lipinski definition) is 7. The van der Waals surface area contributed by atoms with E-state index in [1.165, 1.54) is 10.8 Å². The van der Waals surface area contributed by atoms with Gasteiger partial charge in [0, 0.05) is 17.3 Å². The molecule has 148 valence electrons. The molecule has 9 nitrogen and oxygen atoms in total. The monoisotopic (exact) mass is 406 g/mol. The average Bonchev–Trinajstić information content (AvgIpc) is 3.12. The quantitative estimate of drug-likeness (QED) is 0.614. The number of aromatic amines is 1. The average molecular weight is 406 g/mol. The van der Waals surface area contributed by atoms with Gasteiger partial charge in [-0.1, -0.05) is 24.3 Å². The van der Waals surface area contributed by atoms with Crippen LogP contribution in [-0.2, 0) is 18.3 Å². The van der Waals surface area contributed by atoms with Crippen molar-refractivity contribution in [2.75, 3.05) is 6.61 Å². The number of phosphoric acid groups is 1. The summed E-state index contributed by atoms with van der Waals surface area (Å²) in [4.78, 5) is 25.7. The van der Waals surface area contributed by atoms with Crippen LogP contribution < -0.4 is 15.8 Å². The molecule has 0 radical (unpaired) electrons. The first-order valence-corrected chi connectivity index (χ1v) is 10.2. The predicted molar refractivity (Wildman–Crippen MR) is 99.2 cm³/mol. The molecule has 28 heavy (non-hydrogen) atoms. The number of nitrogens with one attached hydrogen (secondary N) is 1. The largest absolute Gasteiger partial charge is 0.530 e. The maximum absolute atomic E-state index is 12.8. The minimum absolute atomic E-state index is 0.0871. The molecule has 4 atom stereocenters. The second-order valence-electron chi connectivity index (χ2n) is 6.55. The fraction of sp³-hybridized carbons (Fsp3) is 0.333. The zero-order valence-electron chi connectivity index (χ0n) is 15.2. The first-order chi connectivity index (χ1) is 13.3. The fourth-order valence-electron chi connectivity index (χ4n) is 3.03. The van der Waals surface area contributed by atoms with Gasteiger partial charge in [-0.05, 0) is 26.0 Å². The molecule has 0 spiro atoms. The molecule has 0 aliphatic carbocycles. The van der Waals surface area contributed by atoms with Gasteiger partial charge in [0.05, 0.1) is 12.7 Å². The lowest BCUT2D eigenvalue weighted by atomic mass is 10.1. The lowest BCUT2D eigenvalue weighted by Crippen LogP contribution is -2.33. The Bertz CT molecular complexity index is 1090. The number of aromatic nitrogens is 2. The molecule has 2 aromatic rings. The second-order valence-corrected chi connectivity index (χ2v) is 8.09. The molecule has 1 aromatic heterocycles. The Morgan fingerprint density at radius 2 is 2.04 bits per heavy atom. The van der Waals surface area contributed by atoms with Crippen LogP contribution in [0.5, 0.6) is 5.75 Å². The van der Waals surface area contributed by atoms with E-state index >= 15 is 0 Å². The molecule has 2 aliphatic heterocycles. The Hall–Kier alpha value is -2.45. The number of para-hydroxylation sites is 1. The Morgan fingerprint density at radius 3 is 2.86 bits per heavy atom. The molecule has 10 heteroatoms. The number of hydrogen-bond donors (Lipinski definition) is 1. The van der Waals surface area contributed by atoms with Crippen LogP contribution in [0.3, 0.4) is 0 Å². The van der Waals surface area contributed by atoms with Crippen molar-refractivity contribution >= 4 is 7.82 Å². The van der Waals surface area contributed by atoms with Crippen LogP contribution in [0.4, 0.5) is 0 Å². The van der Waals surface area contributed by atoms with Crippen molar-refractivity contribution in [2.45, 2.75) is 32.3 Å². The highest BCUT2D eigenvalue weighted by Gasteiger charge is 2.39. The van der Waals surface area contributed by atoms with E-state index in [4.69, 9.17) is 18.3 Å². The van der Waals surface area contributed by atoms with Crippen molar-refractivity contribution in [1.29, 1.82) is 0 Å². The number of phosphoric ester groups is 1. The topological polar surface area (TPSA) is 109 Å². The maximum Gasteiger partial charge on any atom is 0.530 e. The first-order valence-electron chi connectivity index (χ1n) is 8.72. The van der Waals surface area contributed by atoms with Crippen molar-refractivity contribution < 1.29 is 22.9 Å². The third kappa shape index (κ3) is 3.62. The molecule has 0 bridgehead atoms. The minimum atomic E-state index is -3.80. The van der Waals surface area contributed by atoms with Crippen molar-refractivity contribution in [3.8, 4) is 5.75 Å². The summed E-state index contributed by atoms with van der Waals surface area (Å²) in [6, 6.07) is 7.16. The molecular weight excluding hydrogens is 387 g/mol. The van der Waals surface area contributed by atoms with E-state index in [0.29, 0.717) is 11.3 Å². The van der Waals surface area contributed by atoms with Crippen molar-refractivity contribution in [2.24, 2.45) is 0 Å². The molecule has 0 saturated heterocycles. The van der Waals surface area contributed by atoms with E-state index < -0.39 is 37.5 Å². The molecular formula is C18H19N2O7P. The van der Waals surface area contributed by atoms with E-state index in [9.17, 15) is 14.2 Å². The Labute approximate surface area is 160 Å². The van der Waals surface area contributed by atoms with Gasteiger partial charge < -0.3 is 9.26 Å². The van der Waals surface area contributed by atoms with Gasteiger partial charge in [0.1, 0.15) is 11.9 Å². The Morgan fingerprint density at radius 1 is 1.25 bits per heavy atom. The summed E-state index contributed by atoms with van der Waals surface area (Å²) >= 11 is 0. The predicted octanol–water partition coefficient (Wildman–Crippen LogP) is 2.59. The molecule has 0 saturated carbocycles. The van der Waals surface area contributed by atoms with Crippen molar-refractivity contribution in [3.05, 3.63) is 74.6 Å². The number of nitrogens with zero attached hydrogens (tertiary/aromatic N) is 1. The molecule has 1 aromatic carbocycles. The van der Waals surface area contributed by atoms with Crippen molar-refractivity contribution in [3.63, 3.8) is 0 Å². The highest BCUT2D eigenvalue weighted by molar-refractivity contribution is 7.49. The number of ether oxygens (including phenoxy) is 1. The number of rotatable bonds is 4. The first kappa shape index (κ1) is 18.9. The summed E-state index contributed by atoms with van der Waals surface area (Å²) in [6.45, 7) is 3.27. The summed E-state index contributed by atoms with van der Waals surface area (Å²) in [5.74, 6) is 0.459. The van der Waals surface area contributed by atoms with Gasteiger partial charge in [0.15, 0.2) is 6.23 Å². The van der Waals surface area contributed by atoms with Crippen LogP contribution in [0.15, 0.2) is 52.2 Å². The van der Waals surface area contributed by atoms with E-state index in [0.717, 1.165) is 5.56 Å². The zero-order valence-corrected chi connectivity index (χ0v) is 16.1. The van der Waals surface area contributed by atoms with Gasteiger partial charge >= 0.3 is 13.5 Å². The summed E-state index contributed by atoms with van der Waals surface area (Å²) in [5.41, 5.74) is 0.158. The molecule has 2 unspecified atom stereocenters. The Balaban J connectivity index is 1.42. The highest BCUT2D eigenvalue weighted by Crippen LogP contribution is 2.58. The number of aryl methyl sites for hydroxylation is 1. The third-order valence-electron chi connectivity index (χ3n) is 4.48. The lowest BCUT2D eigenvalue weighted by molar-refractivity contribution is -0.0150. The summed E-state index contributed by atoms with van der Waals surface area (Å²) in [6.07, 6.45) is 3.06. The molecule has 3 heterocycles. The second kappa shape index (κ2) is 7.18. The van der Waals surface area contributed by atoms with Crippen LogP contribution in [0, 0.1) is 6.92 Å². The number of benzene rings is 1. The van der Waals surface area contributed by atoms with Crippen LogP contribution in [-0.4, -0.2) is 22.3 Å². The van der Waals surface area contributed by atoms with Gasteiger partial charge in [-0.2, -0.15) is 0 Å². The smallest absolute Gasteiger partial charge is 0.404 e. The van der Waals surface area contributed by atoms with Gasteiger partial charge in [-0.15, -0.1) is 0 Å². The van der Waals surface area contributed by atoms with Crippen LogP contribution >= 0.6 is 7.82 Å². The number of fused-ring (bicyclic) bond motifs is 1. The van der Waals surface area contributed by atoms with Gasteiger partial charge in [-0.25, -0.2) is 9.36 Å². The third-order valence-corrected chi connectivity index (χ3v) is 5.94. The molecule has 1 N–H and O–H groups in total. The normalized spacial score (nSPS) is 28.7. The zero-order chi connectivity index (χ0) is 19.9. The lowest BCUT2D eigenvalue weighted by Gasteiger charge is -2.29. The maximum atomic E-state index is 12.8. The van der Waals surface area contributed by atoms with Crippen LogP contribution in [0.2, 0.25) is 0 Å². The molecule has 4 rings (SSSR count). The summed E-state index contributed by atoms with van der Waals surface area (Å²) < 4.78 is 36.1. The Kier molecular flexibility index (Phi) is 4.84. The van der Waals surface area contributed by atoms with Crippen molar-refractivity contribution in [1.82, 2.24) is 9.55 Å². The molecule has 0 fully saturated rings. The summed E-state index contributed by atoms with van der Waals surface area (Å²) in [7, 11) is -3.80. The SMILES string of the molecule is Cc1cn([C@H]2C=C[C@@H](COP3(=O)Oc4ccccc4C(C)O3)O2)c(=O)[nH]c1=O. The molecule has 0 amide bonds. The standard InChI is InChI=1S/C18H19N2O7P/c1-11-9-20(18(22)19-17(11)21)16-8-7-13(25-16)10-24-28(23)26-12(2)14-5-3-4-6-15(14)27-28/h3-9,12-13,16H,10H2,1-2H3,(H,19,21,22)/t12?,13-,16+,28?/m0/s1. The van der Waals surface area contributed by atoms with Gasteiger partial charge in [-0.3, -0.25) is 23.4 Å². The van der Waals surface area contributed by atoms with E-state index in [2.05, 4.69) is 4.98 Å². The van der Waals surface area contributed by atoms with E-state index in [1.807, 2.05) is 12.1 Å². The molecule has 2 aliphatic rings. The minimum Gasteiger partial charge on any atom is -0.404 e. The highest BCUT2D eigenvalue weighted by atomic mass is 31.2. The fourth-order valence-corrected chi connectivity index (χ4v) is 4.42. The summed E-state index contributed by atoms with van der Waals surface area (Å²) in [5, 5.41) is 0. The van der Waals surface area contributed by atoms with Gasteiger partial charge in [0.25, 0.3) is 5.56 Å². The van der Waals surface area contributed by atoms with E-state index in [-0.39, 0.29) is 6.61 Å². The van der Waals surface area contributed by atoms with E-state index in [1.54, 1.807) is 38.1 Å².